The molecule has 3 aromatic rings. The summed E-state index contributed by atoms with van der Waals surface area (Å²) in [7, 11) is 0. The van der Waals surface area contributed by atoms with E-state index < -0.39 is 0 Å². The topological polar surface area (TPSA) is 29.5 Å². The zero-order chi connectivity index (χ0) is 17.9. The van der Waals surface area contributed by atoms with Gasteiger partial charge in [-0.15, -0.1) is 11.8 Å². The minimum Gasteiger partial charge on any atom is -0.455 e. The number of halogens is 1. The highest BCUT2D eigenvalue weighted by Gasteiger charge is 2.35. The summed E-state index contributed by atoms with van der Waals surface area (Å²) in [4.78, 5) is 14.3. The molecule has 1 saturated heterocycles. The minimum atomic E-state index is -0.289. The molecule has 1 aliphatic heterocycles. The van der Waals surface area contributed by atoms with Crippen LogP contribution in [0.3, 0.4) is 0 Å². The Labute approximate surface area is 155 Å². The molecular formula is C21H16FNO2S. The number of hydrogen-bond donors (Lipinski definition) is 0. The Morgan fingerprint density at radius 3 is 2.38 bits per heavy atom. The number of thioether (sulfide) groups is 1. The molecule has 1 atom stereocenters. The van der Waals surface area contributed by atoms with E-state index >= 15 is 0 Å². The van der Waals surface area contributed by atoms with Crippen molar-refractivity contribution in [3.63, 3.8) is 0 Å². The fourth-order valence-electron chi connectivity index (χ4n) is 2.92. The second-order valence-corrected chi connectivity index (χ2v) is 6.93. The van der Waals surface area contributed by atoms with Gasteiger partial charge in [-0.25, -0.2) is 4.39 Å². The van der Waals surface area contributed by atoms with Gasteiger partial charge in [-0.3, -0.25) is 9.69 Å². The first-order valence-electron chi connectivity index (χ1n) is 8.23. The Bertz CT molecular complexity index is 915. The number of benzene rings is 3. The highest BCUT2D eigenvalue weighted by molar-refractivity contribution is 8.00. The van der Waals surface area contributed by atoms with Crippen molar-refractivity contribution in [1.29, 1.82) is 0 Å². The molecule has 0 aliphatic carbocycles. The third-order valence-electron chi connectivity index (χ3n) is 4.12. The number of ether oxygens (including phenoxy) is 1. The summed E-state index contributed by atoms with van der Waals surface area (Å²) < 4.78 is 19.3. The van der Waals surface area contributed by atoms with Crippen molar-refractivity contribution >= 4 is 23.4 Å². The smallest absolute Gasteiger partial charge is 0.238 e. The van der Waals surface area contributed by atoms with Crippen molar-refractivity contribution in [3.8, 4) is 11.5 Å². The predicted molar refractivity (Wildman–Crippen MR) is 102 cm³/mol. The molecule has 5 heteroatoms. The van der Waals surface area contributed by atoms with Gasteiger partial charge in [0.2, 0.25) is 5.91 Å². The van der Waals surface area contributed by atoms with E-state index in [1.165, 1.54) is 23.9 Å². The van der Waals surface area contributed by atoms with E-state index in [0.717, 1.165) is 5.56 Å². The van der Waals surface area contributed by atoms with Crippen LogP contribution in [-0.4, -0.2) is 11.7 Å². The number of hydrogen-bond acceptors (Lipinski definition) is 3. The lowest BCUT2D eigenvalue weighted by Crippen LogP contribution is -2.28. The molecule has 0 radical (unpaired) electrons. The van der Waals surface area contributed by atoms with Gasteiger partial charge in [-0.2, -0.15) is 0 Å². The number of nitrogens with zero attached hydrogens (tertiary/aromatic N) is 1. The maximum absolute atomic E-state index is 13.3. The largest absolute Gasteiger partial charge is 0.455 e. The van der Waals surface area contributed by atoms with Crippen molar-refractivity contribution in [2.75, 3.05) is 10.7 Å². The Balaban J connectivity index is 1.71. The molecule has 1 unspecified atom stereocenters. The van der Waals surface area contributed by atoms with Gasteiger partial charge >= 0.3 is 0 Å². The number of anilines is 1. The Morgan fingerprint density at radius 2 is 1.62 bits per heavy atom. The summed E-state index contributed by atoms with van der Waals surface area (Å²) in [6, 6.07) is 23.2. The van der Waals surface area contributed by atoms with Gasteiger partial charge in [0.15, 0.2) is 5.75 Å². The lowest BCUT2D eigenvalue weighted by atomic mass is 10.1. The molecule has 3 nitrogen and oxygen atoms in total. The van der Waals surface area contributed by atoms with Crippen LogP contribution in [-0.2, 0) is 4.79 Å². The fourth-order valence-corrected chi connectivity index (χ4v) is 4.09. The molecule has 0 bridgehead atoms. The summed E-state index contributed by atoms with van der Waals surface area (Å²) in [6.45, 7) is 0. The van der Waals surface area contributed by atoms with Gasteiger partial charge in [0, 0.05) is 0 Å². The third-order valence-corrected chi connectivity index (χ3v) is 5.33. The van der Waals surface area contributed by atoms with Crippen molar-refractivity contribution < 1.29 is 13.9 Å². The van der Waals surface area contributed by atoms with E-state index in [1.54, 1.807) is 17.0 Å². The molecule has 0 saturated carbocycles. The molecule has 1 aliphatic rings. The van der Waals surface area contributed by atoms with E-state index in [2.05, 4.69) is 0 Å². The van der Waals surface area contributed by atoms with Crippen LogP contribution in [0.4, 0.5) is 10.1 Å². The van der Waals surface area contributed by atoms with Gasteiger partial charge in [0.1, 0.15) is 16.9 Å². The zero-order valence-corrected chi connectivity index (χ0v) is 14.7. The van der Waals surface area contributed by atoms with Gasteiger partial charge < -0.3 is 4.74 Å². The fraction of sp³-hybridized carbons (Fsp3) is 0.0952. The second kappa shape index (κ2) is 7.22. The SMILES string of the molecule is O=C1CSC(c2ccc(F)cc2)N1c1ccccc1Oc1ccccc1. The van der Waals surface area contributed by atoms with Crippen LogP contribution in [0.15, 0.2) is 78.9 Å². The Hall–Kier alpha value is -2.79. The Morgan fingerprint density at radius 1 is 0.923 bits per heavy atom. The highest BCUT2D eigenvalue weighted by Crippen LogP contribution is 2.45. The first-order valence-corrected chi connectivity index (χ1v) is 9.28. The molecular weight excluding hydrogens is 349 g/mol. The maximum Gasteiger partial charge on any atom is 0.238 e. The Kier molecular flexibility index (Phi) is 4.63. The van der Waals surface area contributed by atoms with Crippen molar-refractivity contribution in [2.45, 2.75) is 5.37 Å². The number of carbonyl (C=O) groups excluding carboxylic acids is 1. The van der Waals surface area contributed by atoms with Crippen LogP contribution in [0, 0.1) is 5.82 Å². The molecule has 3 aromatic carbocycles. The average Bonchev–Trinajstić information content (AvgIpc) is 3.05. The van der Waals surface area contributed by atoms with Crippen LogP contribution < -0.4 is 9.64 Å². The van der Waals surface area contributed by atoms with Crippen molar-refractivity contribution in [2.24, 2.45) is 0 Å². The molecule has 130 valence electrons. The average molecular weight is 365 g/mol. The summed E-state index contributed by atoms with van der Waals surface area (Å²) in [6.07, 6.45) is 0. The first-order chi connectivity index (χ1) is 12.7. The van der Waals surface area contributed by atoms with Crippen LogP contribution in [0.5, 0.6) is 11.5 Å². The summed E-state index contributed by atoms with van der Waals surface area (Å²) in [5, 5.41) is -0.205. The van der Waals surface area contributed by atoms with E-state index in [0.29, 0.717) is 22.9 Å². The van der Waals surface area contributed by atoms with Gasteiger partial charge in [0.25, 0.3) is 0 Å². The van der Waals surface area contributed by atoms with E-state index in [1.807, 2.05) is 54.6 Å². The molecule has 1 amide bonds. The van der Waals surface area contributed by atoms with E-state index in [9.17, 15) is 9.18 Å². The van der Waals surface area contributed by atoms with Crippen LogP contribution in [0.1, 0.15) is 10.9 Å². The van der Waals surface area contributed by atoms with Crippen LogP contribution in [0.25, 0.3) is 0 Å². The number of amides is 1. The lowest BCUT2D eigenvalue weighted by molar-refractivity contribution is -0.115. The second-order valence-electron chi connectivity index (χ2n) is 5.86. The molecule has 0 N–H and O–H groups in total. The summed E-state index contributed by atoms with van der Waals surface area (Å²) in [5.74, 6) is 1.41. The van der Waals surface area contributed by atoms with Crippen LogP contribution in [0.2, 0.25) is 0 Å². The molecule has 0 aromatic heterocycles. The lowest BCUT2D eigenvalue weighted by Gasteiger charge is -2.26. The number of carbonyl (C=O) groups is 1. The molecule has 1 fully saturated rings. The molecule has 1 heterocycles. The van der Waals surface area contributed by atoms with E-state index in [-0.39, 0.29) is 17.1 Å². The van der Waals surface area contributed by atoms with Crippen molar-refractivity contribution in [1.82, 2.24) is 0 Å². The first kappa shape index (κ1) is 16.7. The van der Waals surface area contributed by atoms with Crippen LogP contribution >= 0.6 is 11.8 Å². The highest BCUT2D eigenvalue weighted by atomic mass is 32.2. The molecule has 0 spiro atoms. The summed E-state index contributed by atoms with van der Waals surface area (Å²) in [5.41, 5.74) is 1.59. The normalized spacial score (nSPS) is 16.7. The molecule has 4 rings (SSSR count). The maximum atomic E-state index is 13.3. The van der Waals surface area contributed by atoms with Gasteiger partial charge in [-0.05, 0) is 42.0 Å². The quantitative estimate of drug-likeness (QED) is 0.620. The zero-order valence-electron chi connectivity index (χ0n) is 13.8. The minimum absolute atomic E-state index is 0.00781. The predicted octanol–water partition coefficient (Wildman–Crippen LogP) is 5.40. The van der Waals surface area contributed by atoms with E-state index in [4.69, 9.17) is 4.74 Å². The van der Waals surface area contributed by atoms with Crippen molar-refractivity contribution in [3.05, 3.63) is 90.2 Å². The number of rotatable bonds is 4. The standard InChI is InChI=1S/C21H16FNO2S/c22-16-12-10-15(11-13-16)21-23(20(24)14-26-21)18-8-4-5-9-19(18)25-17-6-2-1-3-7-17/h1-13,21H,14H2. The van der Waals surface area contributed by atoms with Gasteiger partial charge in [0.05, 0.1) is 11.4 Å². The number of para-hydroxylation sites is 3. The van der Waals surface area contributed by atoms with Gasteiger partial charge in [-0.1, -0.05) is 42.5 Å². The summed E-state index contributed by atoms with van der Waals surface area (Å²) >= 11 is 1.53. The molecule has 26 heavy (non-hydrogen) atoms. The monoisotopic (exact) mass is 365 g/mol. The third kappa shape index (κ3) is 3.30.